The van der Waals surface area contributed by atoms with Crippen LogP contribution in [-0.4, -0.2) is 11.7 Å². The molecule has 1 N–H and O–H groups in total. The molecule has 0 aliphatic carbocycles. The maximum Gasteiger partial charge on any atom is 0.0856 e. The highest BCUT2D eigenvalue weighted by Gasteiger charge is 2.07. The highest BCUT2D eigenvalue weighted by Crippen LogP contribution is 2.20. The second-order valence-electron chi connectivity index (χ2n) is 2.46. The summed E-state index contributed by atoms with van der Waals surface area (Å²) in [5.74, 6) is 0. The van der Waals surface area contributed by atoms with Gasteiger partial charge in [-0.05, 0) is 23.2 Å². The van der Waals surface area contributed by atoms with Crippen LogP contribution in [0.15, 0.2) is 33.9 Å². The zero-order valence-corrected chi connectivity index (χ0v) is 8.35. The minimum Gasteiger partial charge on any atom is -0.396 e. The van der Waals surface area contributed by atoms with Gasteiger partial charge in [0.2, 0.25) is 0 Å². The summed E-state index contributed by atoms with van der Waals surface area (Å²) in [7, 11) is 0. The van der Waals surface area contributed by atoms with E-state index in [1.807, 2.05) is 18.2 Å². The first-order valence-corrected chi connectivity index (χ1v) is 4.47. The second kappa shape index (κ2) is 4.87. The smallest absolute Gasteiger partial charge is 0.0856 e. The quantitative estimate of drug-likeness (QED) is 0.494. The normalized spacial score (nSPS) is 11.8. The number of azide groups is 1. The van der Waals surface area contributed by atoms with Crippen LogP contribution in [0.25, 0.3) is 10.4 Å². The van der Waals surface area contributed by atoms with Crippen LogP contribution in [0, 0.1) is 0 Å². The van der Waals surface area contributed by atoms with Crippen molar-refractivity contribution >= 4 is 15.9 Å². The minimum atomic E-state index is -0.498. The summed E-state index contributed by atoms with van der Waals surface area (Å²) < 4.78 is 0.900. The molecular formula is C8H8BrN3O. The van der Waals surface area contributed by atoms with E-state index in [0.717, 1.165) is 10.0 Å². The molecule has 0 heterocycles. The van der Waals surface area contributed by atoms with Crippen molar-refractivity contribution < 1.29 is 5.11 Å². The second-order valence-corrected chi connectivity index (χ2v) is 3.37. The summed E-state index contributed by atoms with van der Waals surface area (Å²) >= 11 is 3.29. The van der Waals surface area contributed by atoms with Gasteiger partial charge in [-0.3, -0.25) is 0 Å². The number of rotatable bonds is 3. The lowest BCUT2D eigenvalue weighted by Crippen LogP contribution is -1.99. The summed E-state index contributed by atoms with van der Waals surface area (Å²) in [6, 6.07) is 6.82. The third-order valence-electron chi connectivity index (χ3n) is 1.60. The molecule has 0 bridgehead atoms. The van der Waals surface area contributed by atoms with Crippen molar-refractivity contribution in [2.24, 2.45) is 5.11 Å². The molecule has 1 aromatic rings. The van der Waals surface area contributed by atoms with Gasteiger partial charge < -0.3 is 5.11 Å². The molecular weight excluding hydrogens is 234 g/mol. The van der Waals surface area contributed by atoms with Crippen LogP contribution >= 0.6 is 15.9 Å². The molecule has 0 saturated heterocycles. The molecule has 4 nitrogen and oxygen atoms in total. The molecule has 1 atom stereocenters. The van der Waals surface area contributed by atoms with Crippen molar-refractivity contribution in [1.82, 2.24) is 0 Å². The summed E-state index contributed by atoms with van der Waals surface area (Å²) in [5, 5.41) is 12.4. The lowest BCUT2D eigenvalue weighted by atomic mass is 10.1. The van der Waals surface area contributed by atoms with Gasteiger partial charge in [0.1, 0.15) is 0 Å². The predicted octanol–water partition coefficient (Wildman–Crippen LogP) is 2.79. The zero-order chi connectivity index (χ0) is 9.68. The molecule has 1 rings (SSSR count). The van der Waals surface area contributed by atoms with Crippen molar-refractivity contribution in [3.05, 3.63) is 44.7 Å². The van der Waals surface area contributed by atoms with E-state index in [-0.39, 0.29) is 6.61 Å². The van der Waals surface area contributed by atoms with Gasteiger partial charge in [-0.2, -0.15) is 0 Å². The van der Waals surface area contributed by atoms with Gasteiger partial charge in [0.25, 0.3) is 0 Å². The van der Waals surface area contributed by atoms with E-state index in [1.54, 1.807) is 6.07 Å². The SMILES string of the molecule is [N-]=[N+]=NC(CO)c1cccc(Br)c1. The Hall–Kier alpha value is -1.03. The van der Waals surface area contributed by atoms with Gasteiger partial charge in [0, 0.05) is 9.38 Å². The Labute approximate surface area is 84.0 Å². The summed E-state index contributed by atoms with van der Waals surface area (Å²) in [5.41, 5.74) is 9.03. The molecule has 68 valence electrons. The van der Waals surface area contributed by atoms with Crippen molar-refractivity contribution in [3.8, 4) is 0 Å². The summed E-state index contributed by atoms with van der Waals surface area (Å²) in [6.07, 6.45) is 0. The Balaban J connectivity index is 2.97. The van der Waals surface area contributed by atoms with Crippen LogP contribution in [0.4, 0.5) is 0 Å². The molecule has 13 heavy (non-hydrogen) atoms. The van der Waals surface area contributed by atoms with Crippen molar-refractivity contribution in [1.29, 1.82) is 0 Å². The third-order valence-corrected chi connectivity index (χ3v) is 2.09. The number of aliphatic hydroxyl groups excluding tert-OH is 1. The molecule has 0 aromatic heterocycles. The van der Waals surface area contributed by atoms with Gasteiger partial charge in [0.05, 0.1) is 12.6 Å². The van der Waals surface area contributed by atoms with Crippen molar-refractivity contribution in [2.75, 3.05) is 6.61 Å². The zero-order valence-electron chi connectivity index (χ0n) is 6.76. The Morgan fingerprint density at radius 3 is 2.92 bits per heavy atom. The van der Waals surface area contributed by atoms with Crippen LogP contribution in [0.5, 0.6) is 0 Å². The van der Waals surface area contributed by atoms with Gasteiger partial charge in [0.15, 0.2) is 0 Å². The summed E-state index contributed by atoms with van der Waals surface area (Å²) in [6.45, 7) is -0.180. The number of hydrogen-bond donors (Lipinski definition) is 1. The van der Waals surface area contributed by atoms with Gasteiger partial charge in [-0.1, -0.05) is 33.2 Å². The molecule has 0 aliphatic rings. The maximum absolute atomic E-state index is 8.92. The fraction of sp³-hybridized carbons (Fsp3) is 0.250. The van der Waals surface area contributed by atoms with E-state index in [9.17, 15) is 0 Å². The molecule has 0 fully saturated rings. The molecule has 5 heteroatoms. The minimum absolute atomic E-state index is 0.180. The first-order valence-electron chi connectivity index (χ1n) is 3.68. The average Bonchev–Trinajstić information content (AvgIpc) is 2.14. The van der Waals surface area contributed by atoms with Crippen LogP contribution in [0.2, 0.25) is 0 Å². The highest BCUT2D eigenvalue weighted by molar-refractivity contribution is 9.10. The number of hydrogen-bond acceptors (Lipinski definition) is 2. The van der Waals surface area contributed by atoms with Crippen molar-refractivity contribution in [3.63, 3.8) is 0 Å². The molecule has 0 radical (unpaired) electrons. The van der Waals surface area contributed by atoms with Gasteiger partial charge in [-0.25, -0.2) is 0 Å². The van der Waals surface area contributed by atoms with Gasteiger partial charge in [-0.15, -0.1) is 0 Å². The predicted molar refractivity (Wildman–Crippen MR) is 53.1 cm³/mol. The van der Waals surface area contributed by atoms with Crippen LogP contribution in [0.1, 0.15) is 11.6 Å². The van der Waals surface area contributed by atoms with Gasteiger partial charge >= 0.3 is 0 Å². The number of halogens is 1. The first-order chi connectivity index (χ1) is 6.27. The Morgan fingerprint density at radius 1 is 1.62 bits per heavy atom. The van der Waals surface area contributed by atoms with E-state index < -0.39 is 6.04 Å². The fourth-order valence-corrected chi connectivity index (χ4v) is 1.40. The third kappa shape index (κ3) is 2.73. The fourth-order valence-electron chi connectivity index (χ4n) is 0.985. The van der Waals surface area contributed by atoms with E-state index in [0.29, 0.717) is 0 Å². The standard InChI is InChI=1S/C8H8BrN3O/c9-7-3-1-2-6(4-7)8(5-13)11-12-10/h1-4,8,13H,5H2. The largest absolute Gasteiger partial charge is 0.396 e. The Kier molecular flexibility index (Phi) is 3.76. The van der Waals surface area contributed by atoms with E-state index >= 15 is 0 Å². The lowest BCUT2D eigenvalue weighted by molar-refractivity contribution is 0.268. The number of benzene rings is 1. The first kappa shape index (κ1) is 10.1. The lowest BCUT2D eigenvalue weighted by Gasteiger charge is -2.07. The number of aliphatic hydroxyl groups is 1. The van der Waals surface area contributed by atoms with E-state index in [4.69, 9.17) is 10.6 Å². The van der Waals surface area contributed by atoms with Crippen LogP contribution in [0.3, 0.4) is 0 Å². The topological polar surface area (TPSA) is 69.0 Å². The maximum atomic E-state index is 8.92. The molecule has 0 aliphatic heterocycles. The highest BCUT2D eigenvalue weighted by atomic mass is 79.9. The van der Waals surface area contributed by atoms with E-state index in [1.165, 1.54) is 0 Å². The number of nitrogens with zero attached hydrogens (tertiary/aromatic N) is 3. The van der Waals surface area contributed by atoms with E-state index in [2.05, 4.69) is 26.0 Å². The molecule has 1 aromatic carbocycles. The average molecular weight is 242 g/mol. The Bertz CT molecular complexity index is 336. The molecule has 0 amide bonds. The van der Waals surface area contributed by atoms with Crippen molar-refractivity contribution in [2.45, 2.75) is 6.04 Å². The summed E-state index contributed by atoms with van der Waals surface area (Å²) in [4.78, 5) is 2.66. The van der Waals surface area contributed by atoms with Crippen LogP contribution < -0.4 is 0 Å². The van der Waals surface area contributed by atoms with Crippen LogP contribution in [-0.2, 0) is 0 Å². The molecule has 1 unspecified atom stereocenters. The molecule has 0 saturated carbocycles. The Morgan fingerprint density at radius 2 is 2.38 bits per heavy atom. The molecule has 0 spiro atoms. The monoisotopic (exact) mass is 241 g/mol.